The van der Waals surface area contributed by atoms with Crippen molar-refractivity contribution < 1.29 is 14.3 Å². The molecule has 0 aliphatic carbocycles. The summed E-state index contributed by atoms with van der Waals surface area (Å²) >= 11 is 0. The van der Waals surface area contributed by atoms with E-state index in [1.54, 1.807) is 18.7 Å². The van der Waals surface area contributed by atoms with Crippen LogP contribution in [0.2, 0.25) is 0 Å². The van der Waals surface area contributed by atoms with Gasteiger partial charge in [-0.3, -0.25) is 9.48 Å². The third kappa shape index (κ3) is 4.04. The Hall–Kier alpha value is -2.12. The molecule has 8 heteroatoms. The Bertz CT molecular complexity index is 417. The van der Waals surface area contributed by atoms with Gasteiger partial charge in [0.15, 0.2) is 0 Å². The van der Waals surface area contributed by atoms with Gasteiger partial charge in [-0.1, -0.05) is 0 Å². The summed E-state index contributed by atoms with van der Waals surface area (Å²) in [5, 5.41) is 8.98. The first-order chi connectivity index (χ1) is 8.54. The van der Waals surface area contributed by atoms with Gasteiger partial charge in [0.05, 0.1) is 7.11 Å². The van der Waals surface area contributed by atoms with E-state index in [-0.39, 0.29) is 5.91 Å². The van der Waals surface area contributed by atoms with Crippen molar-refractivity contribution in [3.05, 3.63) is 12.2 Å². The SMILES string of the molecule is COC(=O)N[C@@H](C)C(=O)NCCc1ncnn1C. The number of amides is 2. The molecule has 0 fully saturated rings. The van der Waals surface area contributed by atoms with Crippen LogP contribution in [0, 0.1) is 0 Å². The van der Waals surface area contributed by atoms with Gasteiger partial charge >= 0.3 is 6.09 Å². The van der Waals surface area contributed by atoms with E-state index in [2.05, 4.69) is 25.5 Å². The molecular formula is C10H17N5O3. The molecule has 0 bridgehead atoms. The molecule has 1 rings (SSSR count). The van der Waals surface area contributed by atoms with E-state index in [0.29, 0.717) is 13.0 Å². The largest absolute Gasteiger partial charge is 0.453 e. The van der Waals surface area contributed by atoms with Crippen LogP contribution < -0.4 is 10.6 Å². The van der Waals surface area contributed by atoms with E-state index in [0.717, 1.165) is 5.82 Å². The van der Waals surface area contributed by atoms with Gasteiger partial charge in [0, 0.05) is 20.0 Å². The average Bonchev–Trinajstić information content (AvgIpc) is 2.74. The molecule has 1 heterocycles. The summed E-state index contributed by atoms with van der Waals surface area (Å²) in [5.41, 5.74) is 0. The number of aryl methyl sites for hydroxylation is 1. The topological polar surface area (TPSA) is 98.1 Å². The fourth-order valence-corrected chi connectivity index (χ4v) is 1.30. The van der Waals surface area contributed by atoms with E-state index in [1.807, 2.05) is 0 Å². The molecule has 0 saturated heterocycles. The molecule has 1 atom stereocenters. The van der Waals surface area contributed by atoms with E-state index in [1.165, 1.54) is 13.4 Å². The second-order valence-electron chi connectivity index (χ2n) is 3.70. The van der Waals surface area contributed by atoms with Crippen LogP contribution in [0.15, 0.2) is 6.33 Å². The van der Waals surface area contributed by atoms with Crippen LogP contribution in [-0.4, -0.2) is 46.5 Å². The number of ether oxygens (including phenoxy) is 1. The zero-order valence-electron chi connectivity index (χ0n) is 10.6. The second-order valence-corrected chi connectivity index (χ2v) is 3.70. The van der Waals surface area contributed by atoms with Crippen molar-refractivity contribution in [2.45, 2.75) is 19.4 Å². The summed E-state index contributed by atoms with van der Waals surface area (Å²) in [7, 11) is 3.03. The Kier molecular flexibility index (Phi) is 5.09. The molecular weight excluding hydrogens is 238 g/mol. The predicted octanol–water partition coefficient (Wildman–Crippen LogP) is -0.782. The summed E-state index contributed by atoms with van der Waals surface area (Å²) in [5.74, 6) is 0.506. The maximum absolute atomic E-state index is 11.6. The number of rotatable bonds is 5. The standard InChI is InChI=1S/C10H17N5O3/c1-7(14-10(17)18-3)9(16)11-5-4-8-12-6-13-15(8)2/h6-7H,4-5H2,1-3H3,(H,11,16)(H,14,17)/t7-/m0/s1. The van der Waals surface area contributed by atoms with Gasteiger partial charge in [0.25, 0.3) is 0 Å². The Morgan fingerprint density at radius 1 is 1.56 bits per heavy atom. The number of aromatic nitrogens is 3. The van der Waals surface area contributed by atoms with Crippen molar-refractivity contribution in [1.29, 1.82) is 0 Å². The molecule has 2 amide bonds. The minimum Gasteiger partial charge on any atom is -0.453 e. The third-order valence-corrected chi connectivity index (χ3v) is 2.37. The molecule has 18 heavy (non-hydrogen) atoms. The number of carbonyl (C=O) groups excluding carboxylic acids is 2. The van der Waals surface area contributed by atoms with Gasteiger partial charge < -0.3 is 15.4 Å². The Morgan fingerprint density at radius 2 is 2.28 bits per heavy atom. The smallest absolute Gasteiger partial charge is 0.407 e. The summed E-state index contributed by atoms with van der Waals surface area (Å²) in [4.78, 5) is 26.5. The quantitative estimate of drug-likeness (QED) is 0.719. The van der Waals surface area contributed by atoms with Crippen molar-refractivity contribution in [2.75, 3.05) is 13.7 Å². The van der Waals surface area contributed by atoms with Crippen molar-refractivity contribution in [1.82, 2.24) is 25.4 Å². The minimum atomic E-state index is -0.642. The first-order valence-corrected chi connectivity index (χ1v) is 5.49. The highest BCUT2D eigenvalue weighted by molar-refractivity contribution is 5.85. The van der Waals surface area contributed by atoms with Crippen LogP contribution in [0.4, 0.5) is 4.79 Å². The first kappa shape index (κ1) is 13.9. The first-order valence-electron chi connectivity index (χ1n) is 5.49. The maximum atomic E-state index is 11.6. The lowest BCUT2D eigenvalue weighted by molar-refractivity contribution is -0.122. The Balaban J connectivity index is 2.29. The van der Waals surface area contributed by atoms with Crippen molar-refractivity contribution in [3.8, 4) is 0 Å². The van der Waals surface area contributed by atoms with E-state index >= 15 is 0 Å². The number of hydrogen-bond donors (Lipinski definition) is 2. The lowest BCUT2D eigenvalue weighted by atomic mass is 10.3. The van der Waals surface area contributed by atoms with Gasteiger partial charge in [-0.15, -0.1) is 0 Å². The summed E-state index contributed by atoms with van der Waals surface area (Å²) < 4.78 is 6.04. The molecule has 1 aromatic rings. The highest BCUT2D eigenvalue weighted by Gasteiger charge is 2.15. The normalized spacial score (nSPS) is 11.7. The second kappa shape index (κ2) is 6.58. The van der Waals surface area contributed by atoms with Gasteiger partial charge in [-0.25, -0.2) is 9.78 Å². The summed E-state index contributed by atoms with van der Waals surface area (Å²) in [6.45, 7) is 2.01. The summed E-state index contributed by atoms with van der Waals surface area (Å²) in [6.07, 6.45) is 1.40. The number of nitrogens with zero attached hydrogens (tertiary/aromatic N) is 3. The van der Waals surface area contributed by atoms with Gasteiger partial charge in [0.2, 0.25) is 5.91 Å². The molecule has 100 valence electrons. The van der Waals surface area contributed by atoms with Crippen LogP contribution in [0.1, 0.15) is 12.7 Å². The van der Waals surface area contributed by atoms with Gasteiger partial charge in [-0.2, -0.15) is 5.10 Å². The fraction of sp³-hybridized carbons (Fsp3) is 0.600. The van der Waals surface area contributed by atoms with Crippen molar-refractivity contribution >= 4 is 12.0 Å². The molecule has 0 radical (unpaired) electrons. The number of carbonyl (C=O) groups is 2. The van der Waals surface area contributed by atoms with Crippen molar-refractivity contribution in [3.63, 3.8) is 0 Å². The van der Waals surface area contributed by atoms with E-state index in [4.69, 9.17) is 0 Å². The van der Waals surface area contributed by atoms with Gasteiger partial charge in [-0.05, 0) is 6.92 Å². The summed E-state index contributed by atoms with van der Waals surface area (Å²) in [6, 6.07) is -0.642. The van der Waals surface area contributed by atoms with Crippen LogP contribution in [-0.2, 0) is 23.0 Å². The molecule has 0 saturated carbocycles. The van der Waals surface area contributed by atoms with Gasteiger partial charge in [0.1, 0.15) is 18.2 Å². The van der Waals surface area contributed by atoms with Crippen LogP contribution in [0.5, 0.6) is 0 Å². The fourth-order valence-electron chi connectivity index (χ4n) is 1.30. The molecule has 8 nitrogen and oxygen atoms in total. The number of methoxy groups -OCH3 is 1. The number of alkyl carbamates (subject to hydrolysis) is 1. The molecule has 0 aliphatic heterocycles. The van der Waals surface area contributed by atoms with Crippen LogP contribution >= 0.6 is 0 Å². The molecule has 0 spiro atoms. The zero-order chi connectivity index (χ0) is 13.5. The Morgan fingerprint density at radius 3 is 2.83 bits per heavy atom. The zero-order valence-corrected chi connectivity index (χ0v) is 10.6. The molecule has 0 aliphatic rings. The van der Waals surface area contributed by atoms with Crippen LogP contribution in [0.25, 0.3) is 0 Å². The number of hydrogen-bond acceptors (Lipinski definition) is 5. The molecule has 2 N–H and O–H groups in total. The number of nitrogens with one attached hydrogen (secondary N) is 2. The van der Waals surface area contributed by atoms with Crippen molar-refractivity contribution in [2.24, 2.45) is 7.05 Å². The minimum absolute atomic E-state index is 0.275. The molecule has 1 aromatic heterocycles. The highest BCUT2D eigenvalue weighted by Crippen LogP contribution is 1.91. The average molecular weight is 255 g/mol. The molecule has 0 aromatic carbocycles. The predicted molar refractivity (Wildman–Crippen MR) is 62.7 cm³/mol. The maximum Gasteiger partial charge on any atom is 0.407 e. The van der Waals surface area contributed by atoms with E-state index in [9.17, 15) is 9.59 Å². The third-order valence-electron chi connectivity index (χ3n) is 2.37. The molecule has 0 unspecified atom stereocenters. The Labute approximate surface area is 105 Å². The lowest BCUT2D eigenvalue weighted by Crippen LogP contribution is -2.45. The lowest BCUT2D eigenvalue weighted by Gasteiger charge is -2.12. The van der Waals surface area contributed by atoms with E-state index < -0.39 is 12.1 Å². The van der Waals surface area contributed by atoms with Crippen LogP contribution in [0.3, 0.4) is 0 Å². The highest BCUT2D eigenvalue weighted by atomic mass is 16.5. The monoisotopic (exact) mass is 255 g/mol.